The van der Waals surface area contributed by atoms with Gasteiger partial charge in [-0.2, -0.15) is 0 Å². The molecule has 0 atom stereocenters. The fourth-order valence-corrected chi connectivity index (χ4v) is 1.52. The second-order valence-corrected chi connectivity index (χ2v) is 4.41. The van der Waals surface area contributed by atoms with Crippen LogP contribution in [0.1, 0.15) is 19.4 Å². The topological polar surface area (TPSA) is 57.6 Å². The number of imide groups is 1. The predicted octanol–water partition coefficient (Wildman–Crippen LogP) is 3.27. The average Bonchev–Trinajstić information content (AvgIpc) is 2.27. The Balaban J connectivity index is 2.80. The van der Waals surface area contributed by atoms with Gasteiger partial charge in [-0.15, -0.1) is 0 Å². The molecular formula is C13H14ClNO3. The minimum Gasteiger partial charge on any atom is -0.465 e. The van der Waals surface area contributed by atoms with E-state index in [0.29, 0.717) is 5.02 Å². The minimum absolute atomic E-state index is 0.398. The Morgan fingerprint density at radius 3 is 2.28 bits per heavy atom. The lowest BCUT2D eigenvalue weighted by atomic mass is 10.2. The van der Waals surface area contributed by atoms with Gasteiger partial charge < -0.3 is 5.11 Å². The molecule has 1 aromatic carbocycles. The van der Waals surface area contributed by atoms with Crippen LogP contribution in [0.5, 0.6) is 0 Å². The maximum Gasteiger partial charge on any atom is 0.414 e. The van der Waals surface area contributed by atoms with Crippen LogP contribution in [0.3, 0.4) is 0 Å². The van der Waals surface area contributed by atoms with Gasteiger partial charge >= 0.3 is 6.09 Å². The summed E-state index contributed by atoms with van der Waals surface area (Å²) in [7, 11) is 0. The van der Waals surface area contributed by atoms with Gasteiger partial charge in [0.05, 0.1) is 0 Å². The first kappa shape index (κ1) is 14.3. The third kappa shape index (κ3) is 3.89. The van der Waals surface area contributed by atoms with Crippen LogP contribution in [0.4, 0.5) is 4.79 Å². The molecule has 0 heterocycles. The zero-order valence-electron chi connectivity index (χ0n) is 10.1. The van der Waals surface area contributed by atoms with E-state index in [1.54, 1.807) is 44.2 Å². The molecule has 0 saturated carbocycles. The highest BCUT2D eigenvalue weighted by atomic mass is 35.5. The number of amides is 2. The molecule has 0 radical (unpaired) electrons. The first-order chi connectivity index (χ1) is 8.41. The number of carbonyl (C=O) groups excluding carboxylic acids is 1. The number of rotatable bonds is 3. The maximum absolute atomic E-state index is 11.7. The number of nitrogens with zero attached hydrogens (tertiary/aromatic N) is 1. The van der Waals surface area contributed by atoms with Crippen molar-refractivity contribution in [2.45, 2.75) is 19.9 Å². The van der Waals surface area contributed by atoms with E-state index in [0.717, 1.165) is 10.5 Å². The van der Waals surface area contributed by atoms with E-state index in [4.69, 9.17) is 16.7 Å². The molecule has 0 aliphatic rings. The van der Waals surface area contributed by atoms with Gasteiger partial charge in [-0.3, -0.25) is 4.79 Å². The van der Waals surface area contributed by atoms with E-state index in [1.807, 2.05) is 0 Å². The third-order valence-electron chi connectivity index (χ3n) is 2.25. The minimum atomic E-state index is -1.25. The number of halogens is 1. The second-order valence-electron chi connectivity index (χ2n) is 3.97. The maximum atomic E-state index is 11.7. The lowest BCUT2D eigenvalue weighted by molar-refractivity contribution is -0.125. The van der Waals surface area contributed by atoms with Gasteiger partial charge in [-0.25, -0.2) is 9.69 Å². The van der Waals surface area contributed by atoms with Crippen LogP contribution < -0.4 is 0 Å². The SMILES string of the molecule is CC(C)N(C(=O)O)C(=O)C=Cc1ccc(Cl)cc1. The quantitative estimate of drug-likeness (QED) is 0.855. The third-order valence-corrected chi connectivity index (χ3v) is 2.50. The summed E-state index contributed by atoms with van der Waals surface area (Å²) in [4.78, 5) is 23.4. The molecule has 0 bridgehead atoms. The van der Waals surface area contributed by atoms with Crippen LogP contribution in [-0.4, -0.2) is 28.0 Å². The summed E-state index contributed by atoms with van der Waals surface area (Å²) in [6.45, 7) is 3.28. The van der Waals surface area contributed by atoms with E-state index >= 15 is 0 Å². The number of hydrogen-bond donors (Lipinski definition) is 1. The second kappa shape index (κ2) is 6.21. The predicted molar refractivity (Wildman–Crippen MR) is 70.5 cm³/mol. The Kier molecular flexibility index (Phi) is 4.92. The molecule has 0 spiro atoms. The van der Waals surface area contributed by atoms with Crippen LogP contribution in [0.2, 0.25) is 5.02 Å². The van der Waals surface area contributed by atoms with Crippen LogP contribution in [0.15, 0.2) is 30.3 Å². The monoisotopic (exact) mass is 267 g/mol. The molecule has 0 aliphatic carbocycles. The van der Waals surface area contributed by atoms with Gasteiger partial charge in [0.15, 0.2) is 0 Å². The van der Waals surface area contributed by atoms with Crippen LogP contribution in [-0.2, 0) is 4.79 Å². The summed E-state index contributed by atoms with van der Waals surface area (Å²) in [5, 5.41) is 9.51. The molecule has 0 unspecified atom stereocenters. The molecule has 1 aromatic rings. The molecule has 0 aliphatic heterocycles. The van der Waals surface area contributed by atoms with Gasteiger partial charge in [0, 0.05) is 17.1 Å². The lowest BCUT2D eigenvalue weighted by Crippen LogP contribution is -2.39. The largest absolute Gasteiger partial charge is 0.465 e. The summed E-state index contributed by atoms with van der Waals surface area (Å²) in [6.07, 6.45) is 1.53. The first-order valence-corrected chi connectivity index (χ1v) is 5.79. The fraction of sp³-hybridized carbons (Fsp3) is 0.231. The first-order valence-electron chi connectivity index (χ1n) is 5.41. The molecule has 0 fully saturated rings. The highest BCUT2D eigenvalue weighted by Crippen LogP contribution is 2.11. The standard InChI is InChI=1S/C13H14ClNO3/c1-9(2)15(13(17)18)12(16)8-5-10-3-6-11(14)7-4-10/h3-9H,1-2H3,(H,17,18). The van der Waals surface area contributed by atoms with Gasteiger partial charge in [0.1, 0.15) is 0 Å². The van der Waals surface area contributed by atoms with E-state index in [1.165, 1.54) is 6.08 Å². The summed E-state index contributed by atoms with van der Waals surface area (Å²) >= 11 is 5.73. The molecular weight excluding hydrogens is 254 g/mol. The zero-order chi connectivity index (χ0) is 13.7. The van der Waals surface area contributed by atoms with Gasteiger partial charge in [-0.05, 0) is 37.6 Å². The molecule has 1 rings (SSSR count). The van der Waals surface area contributed by atoms with Gasteiger partial charge in [0.2, 0.25) is 0 Å². The van der Waals surface area contributed by atoms with Crippen molar-refractivity contribution in [1.82, 2.24) is 4.90 Å². The van der Waals surface area contributed by atoms with Gasteiger partial charge in [0.25, 0.3) is 5.91 Å². The van der Waals surface area contributed by atoms with E-state index < -0.39 is 18.0 Å². The normalized spacial score (nSPS) is 10.9. The van der Waals surface area contributed by atoms with Crippen molar-refractivity contribution in [1.29, 1.82) is 0 Å². The molecule has 1 N–H and O–H groups in total. The van der Waals surface area contributed by atoms with Crippen molar-refractivity contribution in [3.05, 3.63) is 40.9 Å². The van der Waals surface area contributed by atoms with Gasteiger partial charge in [-0.1, -0.05) is 23.7 Å². The summed E-state index contributed by atoms with van der Waals surface area (Å²) in [5.41, 5.74) is 0.779. The van der Waals surface area contributed by atoms with Crippen LogP contribution in [0, 0.1) is 0 Å². The van der Waals surface area contributed by atoms with Crippen molar-refractivity contribution in [3.63, 3.8) is 0 Å². The number of hydrogen-bond acceptors (Lipinski definition) is 2. The molecule has 96 valence electrons. The number of carboxylic acid groups (broad SMARTS) is 1. The van der Waals surface area contributed by atoms with Crippen LogP contribution >= 0.6 is 11.6 Å². The zero-order valence-corrected chi connectivity index (χ0v) is 10.9. The molecule has 18 heavy (non-hydrogen) atoms. The smallest absolute Gasteiger partial charge is 0.414 e. The molecule has 2 amide bonds. The van der Waals surface area contributed by atoms with E-state index in [-0.39, 0.29) is 0 Å². The Hall–Kier alpha value is -1.81. The van der Waals surface area contributed by atoms with Crippen molar-refractivity contribution in [2.24, 2.45) is 0 Å². The number of carbonyl (C=O) groups is 2. The Morgan fingerprint density at radius 1 is 1.28 bits per heavy atom. The summed E-state index contributed by atoms with van der Waals surface area (Å²) < 4.78 is 0. The Bertz CT molecular complexity index is 466. The van der Waals surface area contributed by atoms with Crippen molar-refractivity contribution in [2.75, 3.05) is 0 Å². The Labute approximate surface area is 110 Å². The van der Waals surface area contributed by atoms with E-state index in [9.17, 15) is 9.59 Å². The molecule has 4 nitrogen and oxygen atoms in total. The highest BCUT2D eigenvalue weighted by Gasteiger charge is 2.21. The molecule has 0 saturated heterocycles. The summed E-state index contributed by atoms with van der Waals surface area (Å²) in [6, 6.07) is 6.48. The molecule has 5 heteroatoms. The summed E-state index contributed by atoms with van der Waals surface area (Å²) in [5.74, 6) is -0.563. The lowest BCUT2D eigenvalue weighted by Gasteiger charge is -2.19. The van der Waals surface area contributed by atoms with Crippen molar-refractivity contribution >= 4 is 29.7 Å². The molecule has 0 aromatic heterocycles. The average molecular weight is 268 g/mol. The van der Waals surface area contributed by atoms with E-state index in [2.05, 4.69) is 0 Å². The highest BCUT2D eigenvalue weighted by molar-refractivity contribution is 6.30. The van der Waals surface area contributed by atoms with Crippen LogP contribution in [0.25, 0.3) is 6.08 Å². The Morgan fingerprint density at radius 2 is 1.83 bits per heavy atom. The fourth-order valence-electron chi connectivity index (χ4n) is 1.39. The number of benzene rings is 1. The van der Waals surface area contributed by atoms with Crippen molar-refractivity contribution in [3.8, 4) is 0 Å². The van der Waals surface area contributed by atoms with Crippen molar-refractivity contribution < 1.29 is 14.7 Å².